The first-order valence-corrected chi connectivity index (χ1v) is 8.70. The maximum atomic E-state index is 12.8. The first-order valence-electron chi connectivity index (χ1n) is 8.70. The van der Waals surface area contributed by atoms with Gasteiger partial charge in [-0.3, -0.25) is 4.99 Å². The lowest BCUT2D eigenvalue weighted by Gasteiger charge is -2.14. The molecule has 2 aromatic rings. The van der Waals surface area contributed by atoms with E-state index in [4.69, 9.17) is 14.2 Å². The molecule has 2 rings (SSSR count). The number of hydrogen-bond donors (Lipinski definition) is 2. The molecule has 0 radical (unpaired) electrons. The Morgan fingerprint density at radius 1 is 1.00 bits per heavy atom. The molecular formula is C20H26FN3O3. The van der Waals surface area contributed by atoms with E-state index in [1.165, 1.54) is 12.1 Å². The molecule has 0 amide bonds. The number of methoxy groups -OCH3 is 2. The normalized spacial score (nSPS) is 11.0. The topological polar surface area (TPSA) is 64.1 Å². The van der Waals surface area contributed by atoms with Crippen molar-refractivity contribution < 1.29 is 18.6 Å². The van der Waals surface area contributed by atoms with E-state index in [2.05, 4.69) is 15.6 Å². The third-order valence-corrected chi connectivity index (χ3v) is 3.86. The first kappa shape index (κ1) is 20.4. The number of nitrogens with zero attached hydrogens (tertiary/aromatic N) is 1. The summed E-state index contributed by atoms with van der Waals surface area (Å²) < 4.78 is 29.0. The van der Waals surface area contributed by atoms with E-state index in [1.807, 2.05) is 18.2 Å². The molecule has 27 heavy (non-hydrogen) atoms. The lowest BCUT2D eigenvalue weighted by atomic mass is 10.2. The van der Waals surface area contributed by atoms with Crippen molar-refractivity contribution in [2.75, 3.05) is 34.4 Å². The molecule has 0 aromatic heterocycles. The van der Waals surface area contributed by atoms with Gasteiger partial charge in [0.1, 0.15) is 23.1 Å². The van der Waals surface area contributed by atoms with Crippen molar-refractivity contribution in [1.82, 2.24) is 10.6 Å². The summed E-state index contributed by atoms with van der Waals surface area (Å²) in [5.41, 5.74) is 1.00. The van der Waals surface area contributed by atoms with Crippen LogP contribution < -0.4 is 24.8 Å². The molecule has 0 aliphatic heterocycles. The second-order valence-electron chi connectivity index (χ2n) is 5.69. The molecule has 0 spiro atoms. The highest BCUT2D eigenvalue weighted by molar-refractivity contribution is 5.79. The lowest BCUT2D eigenvalue weighted by molar-refractivity contribution is 0.310. The van der Waals surface area contributed by atoms with Gasteiger partial charge in [-0.25, -0.2) is 4.39 Å². The third-order valence-electron chi connectivity index (χ3n) is 3.86. The fraction of sp³-hybridized carbons (Fsp3) is 0.350. The molecule has 146 valence electrons. The number of benzene rings is 2. The van der Waals surface area contributed by atoms with Crippen molar-refractivity contribution in [1.29, 1.82) is 0 Å². The molecule has 2 aromatic carbocycles. The second kappa shape index (κ2) is 10.9. The van der Waals surface area contributed by atoms with Crippen LogP contribution in [-0.2, 0) is 6.54 Å². The molecule has 0 heterocycles. The van der Waals surface area contributed by atoms with Crippen molar-refractivity contribution in [2.45, 2.75) is 13.0 Å². The summed E-state index contributed by atoms with van der Waals surface area (Å²) in [6, 6.07) is 11.7. The standard InChI is InChI=1S/C20H26FN3O3/c1-22-20(23-11-4-12-27-17-9-6-16(21)7-10-17)24-14-15-5-8-18(25-2)13-19(15)26-3/h5-10,13H,4,11-12,14H2,1-3H3,(H2,22,23,24). The zero-order chi connectivity index (χ0) is 19.5. The minimum Gasteiger partial charge on any atom is -0.497 e. The number of rotatable bonds is 9. The van der Waals surface area contributed by atoms with Gasteiger partial charge >= 0.3 is 0 Å². The van der Waals surface area contributed by atoms with E-state index in [0.717, 1.165) is 23.5 Å². The summed E-state index contributed by atoms with van der Waals surface area (Å²) in [7, 11) is 4.97. The predicted molar refractivity (Wildman–Crippen MR) is 104 cm³/mol. The highest BCUT2D eigenvalue weighted by atomic mass is 19.1. The summed E-state index contributed by atoms with van der Waals surface area (Å²) in [4.78, 5) is 4.20. The van der Waals surface area contributed by atoms with Gasteiger partial charge in [-0.15, -0.1) is 0 Å². The van der Waals surface area contributed by atoms with Crippen molar-refractivity contribution in [3.8, 4) is 17.2 Å². The molecule has 0 aliphatic carbocycles. The van der Waals surface area contributed by atoms with Crippen LogP contribution in [0.3, 0.4) is 0 Å². The Hall–Kier alpha value is -2.96. The minimum absolute atomic E-state index is 0.271. The Bertz CT molecular complexity index is 736. The number of halogens is 1. The highest BCUT2D eigenvalue weighted by Crippen LogP contribution is 2.24. The van der Waals surface area contributed by atoms with E-state index in [1.54, 1.807) is 33.4 Å². The van der Waals surface area contributed by atoms with E-state index < -0.39 is 0 Å². The predicted octanol–water partition coefficient (Wildman–Crippen LogP) is 2.98. The van der Waals surface area contributed by atoms with Crippen molar-refractivity contribution in [3.05, 3.63) is 53.8 Å². The van der Waals surface area contributed by atoms with E-state index in [-0.39, 0.29) is 5.82 Å². The first-order chi connectivity index (χ1) is 13.2. The number of nitrogens with one attached hydrogen (secondary N) is 2. The number of guanidine groups is 1. The molecule has 6 nitrogen and oxygen atoms in total. The van der Waals surface area contributed by atoms with Crippen molar-refractivity contribution in [3.63, 3.8) is 0 Å². The molecule has 0 aliphatic rings. The molecule has 0 bridgehead atoms. The largest absolute Gasteiger partial charge is 0.497 e. The van der Waals surface area contributed by atoms with Gasteiger partial charge < -0.3 is 24.8 Å². The Kier molecular flexibility index (Phi) is 8.22. The highest BCUT2D eigenvalue weighted by Gasteiger charge is 2.06. The van der Waals surface area contributed by atoms with Crippen LogP contribution in [0.15, 0.2) is 47.5 Å². The van der Waals surface area contributed by atoms with Gasteiger partial charge in [0, 0.05) is 31.8 Å². The Morgan fingerprint density at radius 3 is 2.41 bits per heavy atom. The van der Waals surface area contributed by atoms with Crippen LogP contribution in [0.4, 0.5) is 4.39 Å². The summed E-state index contributed by atoms with van der Waals surface area (Å²) in [6.07, 6.45) is 0.782. The number of aliphatic imine (C=N–C) groups is 1. The average Bonchev–Trinajstić information content (AvgIpc) is 2.71. The average molecular weight is 375 g/mol. The summed E-state index contributed by atoms with van der Waals surface area (Å²) >= 11 is 0. The van der Waals surface area contributed by atoms with Gasteiger partial charge in [0.2, 0.25) is 0 Å². The fourth-order valence-corrected chi connectivity index (χ4v) is 2.40. The van der Waals surface area contributed by atoms with Crippen molar-refractivity contribution in [2.24, 2.45) is 4.99 Å². The fourth-order valence-electron chi connectivity index (χ4n) is 2.40. The second-order valence-corrected chi connectivity index (χ2v) is 5.69. The molecule has 0 fully saturated rings. The number of hydrogen-bond acceptors (Lipinski definition) is 4. The van der Waals surface area contributed by atoms with Gasteiger partial charge in [-0.2, -0.15) is 0 Å². The minimum atomic E-state index is -0.271. The molecule has 0 unspecified atom stereocenters. The summed E-state index contributed by atoms with van der Waals surface area (Å²) in [6.45, 7) is 1.79. The van der Waals surface area contributed by atoms with E-state index >= 15 is 0 Å². The van der Waals surface area contributed by atoms with Crippen LogP contribution >= 0.6 is 0 Å². The molecule has 0 saturated carbocycles. The van der Waals surface area contributed by atoms with E-state index in [9.17, 15) is 4.39 Å². The van der Waals surface area contributed by atoms with Crippen LogP contribution in [0.25, 0.3) is 0 Å². The smallest absolute Gasteiger partial charge is 0.191 e. The zero-order valence-electron chi connectivity index (χ0n) is 15.9. The lowest BCUT2D eigenvalue weighted by Crippen LogP contribution is -2.37. The zero-order valence-corrected chi connectivity index (χ0v) is 15.9. The molecule has 7 heteroatoms. The summed E-state index contributed by atoms with van der Waals surface area (Å²) in [5.74, 6) is 2.58. The Labute approximate surface area is 159 Å². The molecule has 0 atom stereocenters. The third kappa shape index (κ3) is 6.69. The molecular weight excluding hydrogens is 349 g/mol. The van der Waals surface area contributed by atoms with Gasteiger partial charge in [0.15, 0.2) is 5.96 Å². The van der Waals surface area contributed by atoms with Gasteiger partial charge in [-0.05, 0) is 42.8 Å². The summed E-state index contributed by atoms with van der Waals surface area (Å²) in [5, 5.41) is 6.48. The SMILES string of the molecule is CN=C(NCCCOc1ccc(F)cc1)NCc1ccc(OC)cc1OC. The van der Waals surface area contributed by atoms with E-state index in [0.29, 0.717) is 31.4 Å². The number of ether oxygens (including phenoxy) is 3. The van der Waals surface area contributed by atoms with Crippen molar-refractivity contribution >= 4 is 5.96 Å². The monoisotopic (exact) mass is 375 g/mol. The van der Waals surface area contributed by atoms with Crippen LogP contribution in [0.5, 0.6) is 17.2 Å². The van der Waals surface area contributed by atoms with Crippen LogP contribution in [0.2, 0.25) is 0 Å². The van der Waals surface area contributed by atoms with Gasteiger partial charge in [-0.1, -0.05) is 0 Å². The Morgan fingerprint density at radius 2 is 1.74 bits per heavy atom. The molecule has 0 saturated heterocycles. The maximum Gasteiger partial charge on any atom is 0.191 e. The van der Waals surface area contributed by atoms with Gasteiger partial charge in [0.05, 0.1) is 20.8 Å². The van der Waals surface area contributed by atoms with Crippen LogP contribution in [-0.4, -0.2) is 40.4 Å². The molecule has 2 N–H and O–H groups in total. The maximum absolute atomic E-state index is 12.8. The quantitative estimate of drug-likeness (QED) is 0.401. The van der Waals surface area contributed by atoms with Crippen LogP contribution in [0, 0.1) is 5.82 Å². The van der Waals surface area contributed by atoms with Gasteiger partial charge in [0.25, 0.3) is 0 Å². The Balaban J connectivity index is 1.72. The van der Waals surface area contributed by atoms with Crippen LogP contribution in [0.1, 0.15) is 12.0 Å².